The van der Waals surface area contributed by atoms with E-state index < -0.39 is 5.83 Å². The van der Waals surface area contributed by atoms with Crippen molar-refractivity contribution in [3.05, 3.63) is 53.0 Å². The Labute approximate surface area is 140 Å². The summed E-state index contributed by atoms with van der Waals surface area (Å²) in [6.45, 7) is 10.3. The summed E-state index contributed by atoms with van der Waals surface area (Å²) in [6, 6.07) is 2.09. The Kier molecular flexibility index (Phi) is 6.08. The van der Waals surface area contributed by atoms with E-state index in [0.29, 0.717) is 0 Å². The number of nitriles is 1. The Morgan fingerprint density at radius 1 is 1.52 bits per heavy atom. The van der Waals surface area contributed by atoms with E-state index in [1.807, 2.05) is 6.92 Å². The third kappa shape index (κ3) is 4.06. The maximum absolute atomic E-state index is 13.5. The van der Waals surface area contributed by atoms with Crippen molar-refractivity contribution in [2.75, 3.05) is 13.1 Å². The van der Waals surface area contributed by atoms with Gasteiger partial charge in [0, 0.05) is 13.1 Å². The predicted octanol–water partition coefficient (Wildman–Crippen LogP) is 4.05. The molecule has 0 bridgehead atoms. The zero-order valence-corrected chi connectivity index (χ0v) is 14.0. The van der Waals surface area contributed by atoms with Gasteiger partial charge in [-0.05, 0) is 31.9 Å². The summed E-state index contributed by atoms with van der Waals surface area (Å²) >= 11 is 1.51. The van der Waals surface area contributed by atoms with Crippen molar-refractivity contribution in [1.82, 2.24) is 9.88 Å². The quantitative estimate of drug-likeness (QED) is 0.582. The summed E-state index contributed by atoms with van der Waals surface area (Å²) in [7, 11) is 0. The number of aromatic nitrogens is 1. The predicted molar refractivity (Wildman–Crippen MR) is 89.4 cm³/mol. The van der Waals surface area contributed by atoms with Crippen molar-refractivity contribution in [1.29, 1.82) is 5.26 Å². The number of hydrogen-bond acceptors (Lipinski definition) is 5. The van der Waals surface area contributed by atoms with Crippen molar-refractivity contribution in [2.45, 2.75) is 31.9 Å². The molecule has 0 spiro atoms. The molecule has 1 fully saturated rings. The number of ether oxygens (including phenoxy) is 1. The van der Waals surface area contributed by atoms with Crippen molar-refractivity contribution in [2.24, 2.45) is 0 Å². The molecule has 4 nitrogen and oxygen atoms in total. The molecule has 6 heteroatoms. The molecular weight excluding hydrogens is 313 g/mol. The van der Waals surface area contributed by atoms with Gasteiger partial charge >= 0.3 is 0 Å². The molecule has 0 amide bonds. The number of aryl methyl sites for hydroxylation is 1. The van der Waals surface area contributed by atoms with Crippen LogP contribution in [0.3, 0.4) is 0 Å². The van der Waals surface area contributed by atoms with Crippen LogP contribution >= 0.6 is 11.3 Å². The van der Waals surface area contributed by atoms with Crippen molar-refractivity contribution in [3.63, 3.8) is 0 Å². The summed E-state index contributed by atoms with van der Waals surface area (Å²) in [5, 5.41) is 9.50. The number of hydrogen-bond donors (Lipinski definition) is 0. The first-order valence-electron chi connectivity index (χ1n) is 7.45. The van der Waals surface area contributed by atoms with E-state index in [1.165, 1.54) is 17.4 Å². The lowest BCUT2D eigenvalue weighted by molar-refractivity contribution is 0.0453. The van der Waals surface area contributed by atoms with Crippen LogP contribution in [-0.2, 0) is 4.74 Å². The molecule has 0 N–H and O–H groups in total. The molecule has 1 aromatic rings. The Hall–Kier alpha value is -1.97. The van der Waals surface area contributed by atoms with E-state index in [0.717, 1.165) is 42.6 Å². The normalized spacial score (nSPS) is 18.7. The van der Waals surface area contributed by atoms with Gasteiger partial charge in [0.15, 0.2) is 11.6 Å². The third-order valence-electron chi connectivity index (χ3n) is 3.89. The lowest BCUT2D eigenvalue weighted by Crippen LogP contribution is -2.38. The van der Waals surface area contributed by atoms with Crippen LogP contribution in [0.2, 0.25) is 0 Å². The maximum atomic E-state index is 13.5. The number of halogens is 1. The third-order valence-corrected chi connectivity index (χ3v) is 4.87. The van der Waals surface area contributed by atoms with Crippen LogP contribution in [0.5, 0.6) is 0 Å². The lowest BCUT2D eigenvalue weighted by atomic mass is 10.0. The van der Waals surface area contributed by atoms with Gasteiger partial charge in [0.1, 0.15) is 12.1 Å². The minimum absolute atomic E-state index is 0.0770. The second kappa shape index (κ2) is 8.04. The molecule has 1 aliphatic rings. The first kappa shape index (κ1) is 17.4. The first-order chi connectivity index (χ1) is 11.1. The average Bonchev–Trinajstić information content (AvgIpc) is 3.00. The molecule has 0 saturated carbocycles. The summed E-state index contributed by atoms with van der Waals surface area (Å²) in [4.78, 5) is 7.35. The summed E-state index contributed by atoms with van der Waals surface area (Å²) in [5.74, 6) is -0.369. The van der Waals surface area contributed by atoms with Crippen LogP contribution in [0, 0.1) is 18.3 Å². The second-order valence-corrected chi connectivity index (χ2v) is 6.19. The molecule has 1 saturated heterocycles. The minimum atomic E-state index is -0.502. The molecule has 0 aliphatic carbocycles. The van der Waals surface area contributed by atoms with Gasteiger partial charge in [0.25, 0.3) is 0 Å². The van der Waals surface area contributed by atoms with Gasteiger partial charge in [0.05, 0.1) is 22.2 Å². The van der Waals surface area contributed by atoms with Gasteiger partial charge in [0.2, 0.25) is 0 Å². The Bertz CT molecular complexity index is 639. The number of likely N-dealkylation sites (tertiary alicyclic amines) is 1. The van der Waals surface area contributed by atoms with E-state index in [2.05, 4.69) is 29.1 Å². The van der Waals surface area contributed by atoms with Crippen LogP contribution in [0.1, 0.15) is 29.5 Å². The van der Waals surface area contributed by atoms with Crippen molar-refractivity contribution >= 4 is 11.3 Å². The SMILES string of the molecule is C=C/C(F)=C(\C=C)OC1CCN(C(C#N)c2scnc2C)CC1. The molecule has 0 aromatic carbocycles. The van der Waals surface area contributed by atoms with E-state index in [9.17, 15) is 9.65 Å². The van der Waals surface area contributed by atoms with Gasteiger partial charge in [-0.3, -0.25) is 4.90 Å². The number of piperidine rings is 1. The largest absolute Gasteiger partial charge is 0.487 e. The summed E-state index contributed by atoms with van der Waals surface area (Å²) < 4.78 is 19.2. The van der Waals surface area contributed by atoms with Crippen LogP contribution < -0.4 is 0 Å². The van der Waals surface area contributed by atoms with Gasteiger partial charge < -0.3 is 4.74 Å². The highest BCUT2D eigenvalue weighted by molar-refractivity contribution is 7.09. The fourth-order valence-corrected chi connectivity index (χ4v) is 3.49. The van der Waals surface area contributed by atoms with Gasteiger partial charge in [-0.15, -0.1) is 11.3 Å². The molecule has 1 aromatic heterocycles. The van der Waals surface area contributed by atoms with Crippen molar-refractivity contribution < 1.29 is 9.13 Å². The molecule has 122 valence electrons. The molecule has 0 radical (unpaired) electrons. The maximum Gasteiger partial charge on any atom is 0.164 e. The van der Waals surface area contributed by atoms with Crippen molar-refractivity contribution in [3.8, 4) is 6.07 Å². The van der Waals surface area contributed by atoms with E-state index in [-0.39, 0.29) is 17.9 Å². The van der Waals surface area contributed by atoms with E-state index in [1.54, 1.807) is 5.51 Å². The lowest BCUT2D eigenvalue weighted by Gasteiger charge is -2.34. The summed E-state index contributed by atoms with van der Waals surface area (Å²) in [6.07, 6.45) is 3.87. The molecular formula is C17H20FN3OS. The zero-order chi connectivity index (χ0) is 16.8. The number of rotatable bonds is 6. The second-order valence-electron chi connectivity index (χ2n) is 5.31. The van der Waals surface area contributed by atoms with Gasteiger partial charge in [-0.2, -0.15) is 5.26 Å². The van der Waals surface area contributed by atoms with Crippen LogP contribution in [-0.4, -0.2) is 29.1 Å². The first-order valence-corrected chi connectivity index (χ1v) is 8.33. The fourth-order valence-electron chi connectivity index (χ4n) is 2.61. The highest BCUT2D eigenvalue weighted by Gasteiger charge is 2.29. The number of nitrogens with zero attached hydrogens (tertiary/aromatic N) is 3. The average molecular weight is 333 g/mol. The number of thiazole rings is 1. The van der Waals surface area contributed by atoms with E-state index >= 15 is 0 Å². The van der Waals surface area contributed by atoms with Gasteiger partial charge in [-0.1, -0.05) is 13.2 Å². The smallest absolute Gasteiger partial charge is 0.164 e. The van der Waals surface area contributed by atoms with Crippen LogP contribution in [0.4, 0.5) is 4.39 Å². The molecule has 1 aliphatic heterocycles. The van der Waals surface area contributed by atoms with E-state index in [4.69, 9.17) is 4.74 Å². The highest BCUT2D eigenvalue weighted by Crippen LogP contribution is 2.30. The minimum Gasteiger partial charge on any atom is -0.487 e. The van der Waals surface area contributed by atoms with Crippen LogP contribution in [0.15, 0.2) is 42.4 Å². The topological polar surface area (TPSA) is 49.1 Å². The monoisotopic (exact) mass is 333 g/mol. The zero-order valence-electron chi connectivity index (χ0n) is 13.2. The molecule has 2 rings (SSSR count). The molecule has 2 heterocycles. The van der Waals surface area contributed by atoms with Crippen LogP contribution in [0.25, 0.3) is 0 Å². The highest BCUT2D eigenvalue weighted by atomic mass is 32.1. The Balaban J connectivity index is 1.98. The summed E-state index contributed by atoms with van der Waals surface area (Å²) in [5.41, 5.74) is 2.68. The molecule has 23 heavy (non-hydrogen) atoms. The Morgan fingerprint density at radius 3 is 2.70 bits per heavy atom. The van der Waals surface area contributed by atoms with Gasteiger partial charge in [-0.25, -0.2) is 9.37 Å². The number of allylic oxidation sites excluding steroid dienone is 3. The molecule has 1 unspecified atom stereocenters. The molecule has 1 atom stereocenters. The fraction of sp³-hybridized carbons (Fsp3) is 0.412. The standard InChI is InChI=1S/C17H20FN3OS/c1-4-14(18)16(5-2)22-13-6-8-21(9-7-13)15(10-19)17-12(3)20-11-23-17/h4-5,11,13,15H,1-2,6-9H2,3H3/b16-14-. The Morgan fingerprint density at radius 2 is 2.22 bits per heavy atom.